The van der Waals surface area contributed by atoms with Crippen molar-refractivity contribution in [1.82, 2.24) is 0 Å². The van der Waals surface area contributed by atoms with Crippen molar-refractivity contribution in [3.63, 3.8) is 0 Å². The first-order valence-corrected chi connectivity index (χ1v) is 9.00. The van der Waals surface area contributed by atoms with Crippen LogP contribution in [0.25, 0.3) is 0 Å². The van der Waals surface area contributed by atoms with Gasteiger partial charge in [-0.25, -0.2) is 0 Å². The average molecular weight is 148 g/mol. The molecule has 0 aliphatic rings. The van der Waals surface area contributed by atoms with Gasteiger partial charge in [0.2, 0.25) is 0 Å². The standard InChI is InChI=1S/Al.Fe.H6Si2.3H/c;;1-2;;;/h;;1-2H3;;;. The molecule has 0 bridgehead atoms. The monoisotopic (exact) mass is 148 g/mol. The van der Waals surface area contributed by atoms with Crippen molar-refractivity contribution in [2.45, 2.75) is 0 Å². The Balaban J connectivity index is -0.00000000500. The Morgan fingerprint density at radius 2 is 1.00 bits per heavy atom. The van der Waals surface area contributed by atoms with Gasteiger partial charge in [-0.3, -0.25) is 0 Å². The fourth-order valence-electron chi connectivity index (χ4n) is 0. The summed E-state index contributed by atoms with van der Waals surface area (Å²) in [6, 6.07) is 0. The zero-order chi connectivity index (χ0) is 2.00. The van der Waals surface area contributed by atoms with Gasteiger partial charge in [-0.2, -0.15) is 0 Å². The van der Waals surface area contributed by atoms with Crippen LogP contribution >= 0.6 is 0 Å². The summed E-state index contributed by atoms with van der Waals surface area (Å²) in [6.07, 6.45) is 0. The van der Waals surface area contributed by atoms with E-state index in [4.69, 9.17) is 0 Å². The van der Waals surface area contributed by atoms with E-state index < -0.39 is 0 Å². The van der Waals surface area contributed by atoms with Crippen LogP contribution in [-0.2, 0) is 17.1 Å². The second kappa shape index (κ2) is 24.7. The molecule has 0 aromatic carbocycles. The van der Waals surface area contributed by atoms with E-state index in [0.717, 1.165) is 0 Å². The van der Waals surface area contributed by atoms with Gasteiger partial charge in [-0.1, -0.05) is 0 Å². The molecule has 0 aliphatic heterocycles. The van der Waals surface area contributed by atoms with Crippen molar-refractivity contribution in [3.05, 3.63) is 0 Å². The summed E-state index contributed by atoms with van der Waals surface area (Å²) in [6.45, 7) is 0. The van der Waals surface area contributed by atoms with Crippen molar-refractivity contribution >= 4 is 36.9 Å². The molecule has 0 saturated carbocycles. The topological polar surface area (TPSA) is 0 Å². The molecular formula is H9AlFeSi2. The van der Waals surface area contributed by atoms with Crippen molar-refractivity contribution < 1.29 is 17.1 Å². The molecule has 0 aromatic heterocycles. The summed E-state index contributed by atoms with van der Waals surface area (Å²) in [5.41, 5.74) is 0. The van der Waals surface area contributed by atoms with Crippen LogP contribution in [0.2, 0.25) is 0 Å². The second-order valence-corrected chi connectivity index (χ2v) is 0. The molecule has 0 nitrogen and oxygen atoms in total. The molecule has 4 heavy (non-hydrogen) atoms. The molecule has 0 aliphatic carbocycles. The Bertz CT molecular complexity index is 6.00. The second-order valence-electron chi connectivity index (χ2n) is 0. The molecule has 28 valence electrons. The molecule has 0 fully saturated rings. The van der Waals surface area contributed by atoms with Crippen LogP contribution in [0.1, 0.15) is 0 Å². The van der Waals surface area contributed by atoms with Gasteiger partial charge < -0.3 is 0 Å². The van der Waals surface area contributed by atoms with Crippen LogP contribution in [0.4, 0.5) is 0 Å². The Kier molecular flexibility index (Phi) is 110. The van der Waals surface area contributed by atoms with Crippen molar-refractivity contribution in [1.29, 1.82) is 0 Å². The molecule has 0 unspecified atom stereocenters. The van der Waals surface area contributed by atoms with Crippen molar-refractivity contribution in [3.8, 4) is 0 Å². The van der Waals surface area contributed by atoms with Gasteiger partial charge in [0.25, 0.3) is 0 Å². The zero-order valence-electron chi connectivity index (χ0n) is 2.35. The molecule has 0 atom stereocenters. The minimum atomic E-state index is 0. The molecule has 0 N–H and O–H groups in total. The van der Waals surface area contributed by atoms with Crippen molar-refractivity contribution in [2.24, 2.45) is 0 Å². The fourth-order valence-corrected chi connectivity index (χ4v) is 0. The molecular weight excluding hydrogens is 139 g/mol. The van der Waals surface area contributed by atoms with Gasteiger partial charge in [-0.05, 0) is 19.5 Å². The zero-order valence-corrected chi connectivity index (χ0v) is 7.46. The average Bonchev–Trinajstić information content (AvgIpc) is 1.00. The van der Waals surface area contributed by atoms with Crippen molar-refractivity contribution in [2.75, 3.05) is 0 Å². The first-order valence-electron chi connectivity index (χ1n) is 1.00. The van der Waals surface area contributed by atoms with Gasteiger partial charge in [0, 0.05) is 17.1 Å². The van der Waals surface area contributed by atoms with E-state index >= 15 is 0 Å². The minimum absolute atomic E-state index is 0. The Labute approximate surface area is 54.0 Å². The van der Waals surface area contributed by atoms with E-state index in [2.05, 4.69) is 0 Å². The van der Waals surface area contributed by atoms with Crippen LogP contribution in [0.5, 0.6) is 0 Å². The van der Waals surface area contributed by atoms with E-state index in [-0.39, 0.29) is 34.4 Å². The summed E-state index contributed by atoms with van der Waals surface area (Å²) in [7, 11) is 2.89. The summed E-state index contributed by atoms with van der Waals surface area (Å²) in [5, 5.41) is 0. The van der Waals surface area contributed by atoms with Gasteiger partial charge in [-0.15, -0.1) is 0 Å². The SMILES string of the molecule is [AlH3].[Fe].[SiH3][SiH3]. The van der Waals surface area contributed by atoms with Crippen LogP contribution in [-0.4, -0.2) is 36.9 Å². The minimum Gasteiger partial charge on any atom is -0.0125 e. The molecule has 0 spiro atoms. The predicted octanol–water partition coefficient (Wildman–Crippen LogP) is -3.55. The quantitative estimate of drug-likeness (QED) is 0.312. The summed E-state index contributed by atoms with van der Waals surface area (Å²) >= 11 is 0. The smallest absolute Gasteiger partial charge is 0.0125 e. The van der Waals surface area contributed by atoms with E-state index in [1.54, 1.807) is 0 Å². The third kappa shape index (κ3) is 9.76. The largest absolute Gasteiger partial charge is 0.187 e. The number of hydrogen-bond acceptors (Lipinski definition) is 0. The van der Waals surface area contributed by atoms with Gasteiger partial charge in [0.1, 0.15) is 0 Å². The number of rotatable bonds is 0. The maximum atomic E-state index is 1.44. The van der Waals surface area contributed by atoms with Gasteiger partial charge in [0.15, 0.2) is 17.4 Å². The van der Waals surface area contributed by atoms with Crippen LogP contribution in [0.3, 0.4) is 0 Å². The Morgan fingerprint density at radius 3 is 1.00 bits per heavy atom. The maximum Gasteiger partial charge on any atom is 0.187 e. The normalized spacial score (nSPS) is 3.00. The Morgan fingerprint density at radius 1 is 1.00 bits per heavy atom. The summed E-state index contributed by atoms with van der Waals surface area (Å²) < 4.78 is 0. The van der Waals surface area contributed by atoms with Gasteiger partial charge in [0.05, 0.1) is 0 Å². The molecule has 0 radical (unpaired) electrons. The van der Waals surface area contributed by atoms with E-state index in [0.29, 0.717) is 0 Å². The third-order valence-electron chi connectivity index (χ3n) is 0. The molecule has 0 heterocycles. The van der Waals surface area contributed by atoms with E-state index in [1.807, 2.05) is 0 Å². The molecule has 0 saturated heterocycles. The third-order valence-corrected chi connectivity index (χ3v) is 0. The number of hydrogen-bond donors (Lipinski definition) is 0. The molecule has 0 aromatic rings. The first kappa shape index (κ1) is 17.9. The predicted molar refractivity (Wildman–Crippen MR) is 29.8 cm³/mol. The van der Waals surface area contributed by atoms with Crippen LogP contribution < -0.4 is 0 Å². The molecule has 0 amide bonds. The Hall–Kier alpha value is 1.49. The van der Waals surface area contributed by atoms with Crippen LogP contribution in [0, 0.1) is 0 Å². The molecule has 0 rings (SSSR count). The van der Waals surface area contributed by atoms with E-state index in [1.165, 1.54) is 19.5 Å². The summed E-state index contributed by atoms with van der Waals surface area (Å²) in [5.74, 6) is 0. The first-order chi connectivity index (χ1) is 1.00. The van der Waals surface area contributed by atoms with Crippen LogP contribution in [0.15, 0.2) is 0 Å². The fraction of sp³-hybridized carbons (Fsp3) is 0. The summed E-state index contributed by atoms with van der Waals surface area (Å²) in [4.78, 5) is 0. The van der Waals surface area contributed by atoms with Gasteiger partial charge >= 0.3 is 0 Å². The van der Waals surface area contributed by atoms with E-state index in [9.17, 15) is 0 Å². The maximum absolute atomic E-state index is 1.44. The molecule has 4 heteroatoms.